The van der Waals surface area contributed by atoms with Crippen molar-refractivity contribution < 1.29 is 24.2 Å². The number of thioether (sulfide) groups is 1. The number of aromatic amines is 1. The minimum atomic E-state index is -0.851. The molecule has 2 heterocycles. The Morgan fingerprint density at radius 3 is 2.43 bits per heavy atom. The molecule has 3 aromatic rings. The van der Waals surface area contributed by atoms with Crippen LogP contribution in [0.3, 0.4) is 0 Å². The van der Waals surface area contributed by atoms with E-state index in [0.29, 0.717) is 31.4 Å². The number of aliphatic carboxylic acids is 1. The van der Waals surface area contributed by atoms with Crippen LogP contribution < -0.4 is 9.47 Å². The zero-order chi connectivity index (χ0) is 24.6. The number of rotatable bonds is 9. The van der Waals surface area contributed by atoms with E-state index in [2.05, 4.69) is 16.9 Å². The molecule has 0 saturated carbocycles. The summed E-state index contributed by atoms with van der Waals surface area (Å²) in [5, 5.41) is 9.94. The predicted molar refractivity (Wildman–Crippen MR) is 133 cm³/mol. The minimum absolute atomic E-state index is 0.00293. The third kappa shape index (κ3) is 7.26. The first-order chi connectivity index (χ1) is 17.0. The summed E-state index contributed by atoms with van der Waals surface area (Å²) in [5.41, 5.74) is 1.87. The number of carbonyl (C=O) groups is 2. The van der Waals surface area contributed by atoms with Crippen LogP contribution in [0.5, 0.6) is 11.5 Å². The van der Waals surface area contributed by atoms with Crippen LogP contribution in [0.4, 0.5) is 4.79 Å². The summed E-state index contributed by atoms with van der Waals surface area (Å²) in [7, 11) is 0. The van der Waals surface area contributed by atoms with Crippen molar-refractivity contribution in [3.8, 4) is 11.5 Å². The van der Waals surface area contributed by atoms with E-state index in [9.17, 15) is 9.59 Å². The maximum Gasteiger partial charge on any atom is 0.415 e. The Kier molecular flexibility index (Phi) is 8.31. The maximum atomic E-state index is 12.6. The van der Waals surface area contributed by atoms with Gasteiger partial charge in [0.1, 0.15) is 11.5 Å². The number of nitrogens with one attached hydrogen (secondary N) is 1. The predicted octanol–water partition coefficient (Wildman–Crippen LogP) is 5.18. The van der Waals surface area contributed by atoms with E-state index in [0.717, 1.165) is 34.9 Å². The van der Waals surface area contributed by atoms with Crippen molar-refractivity contribution in [2.45, 2.75) is 36.6 Å². The molecule has 1 amide bonds. The molecule has 4 rings (SSSR count). The Morgan fingerprint density at radius 1 is 1.11 bits per heavy atom. The monoisotopic (exact) mass is 495 g/mol. The van der Waals surface area contributed by atoms with E-state index in [1.54, 1.807) is 53.3 Å². The summed E-state index contributed by atoms with van der Waals surface area (Å²) >= 11 is 1.64. The second kappa shape index (κ2) is 11.8. The molecule has 2 aromatic carbocycles. The van der Waals surface area contributed by atoms with Crippen LogP contribution in [-0.4, -0.2) is 51.7 Å². The molecule has 1 unspecified atom stereocenters. The molecule has 0 bridgehead atoms. The number of hydrogen-bond acceptors (Lipinski definition) is 6. The molecule has 8 nitrogen and oxygen atoms in total. The number of ether oxygens (including phenoxy) is 2. The van der Waals surface area contributed by atoms with Crippen molar-refractivity contribution in [3.63, 3.8) is 0 Å². The van der Waals surface area contributed by atoms with E-state index in [4.69, 9.17) is 14.6 Å². The highest BCUT2D eigenvalue weighted by molar-refractivity contribution is 7.99. The van der Waals surface area contributed by atoms with Gasteiger partial charge in [-0.05, 0) is 61.1 Å². The molecule has 0 aliphatic carbocycles. The molecule has 184 valence electrons. The van der Waals surface area contributed by atoms with Gasteiger partial charge in [-0.3, -0.25) is 4.79 Å². The summed E-state index contributed by atoms with van der Waals surface area (Å²) in [6, 6.07) is 14.7. The number of likely N-dealkylation sites (tertiary alicyclic amines) is 1. The Morgan fingerprint density at radius 2 is 1.80 bits per heavy atom. The van der Waals surface area contributed by atoms with Gasteiger partial charge in [-0.2, -0.15) is 0 Å². The molecule has 1 aromatic heterocycles. The number of amides is 1. The first kappa shape index (κ1) is 24.7. The SMILES string of the molecule is CC(Sc1ncc[nH]1)c1ccc(OC(=O)N2CCC(COc3ccc(CC(=O)O)cc3)CC2)cc1. The molecule has 1 aliphatic heterocycles. The van der Waals surface area contributed by atoms with Crippen molar-refractivity contribution in [1.29, 1.82) is 0 Å². The summed E-state index contributed by atoms with van der Waals surface area (Å²) in [5.74, 6) is 0.757. The van der Waals surface area contributed by atoms with Crippen molar-refractivity contribution >= 4 is 23.8 Å². The maximum absolute atomic E-state index is 12.6. The van der Waals surface area contributed by atoms with E-state index in [-0.39, 0.29) is 17.8 Å². The number of imidazole rings is 1. The zero-order valence-electron chi connectivity index (χ0n) is 19.6. The van der Waals surface area contributed by atoms with Crippen molar-refractivity contribution in [2.75, 3.05) is 19.7 Å². The van der Waals surface area contributed by atoms with E-state index in [1.807, 2.05) is 24.3 Å². The smallest absolute Gasteiger partial charge is 0.415 e. The van der Waals surface area contributed by atoms with Gasteiger partial charge >= 0.3 is 12.1 Å². The molecule has 2 N–H and O–H groups in total. The van der Waals surface area contributed by atoms with Crippen LogP contribution >= 0.6 is 11.8 Å². The standard InChI is InChI=1S/C26H29N3O5S/c1-18(35-25-27-12-13-28-25)21-4-8-23(9-5-21)34-26(32)29-14-10-20(11-15-29)17-33-22-6-2-19(3-7-22)16-24(30)31/h2-9,12-13,18,20H,10-11,14-17H2,1H3,(H,27,28)(H,30,31). The van der Waals surface area contributed by atoms with Gasteiger partial charge in [0, 0.05) is 30.7 Å². The van der Waals surface area contributed by atoms with E-state index >= 15 is 0 Å². The lowest BCUT2D eigenvalue weighted by molar-refractivity contribution is -0.136. The van der Waals surface area contributed by atoms with Crippen molar-refractivity contribution in [1.82, 2.24) is 14.9 Å². The van der Waals surface area contributed by atoms with Gasteiger partial charge in [0.15, 0.2) is 5.16 Å². The third-order valence-corrected chi connectivity index (χ3v) is 7.03. The second-order valence-electron chi connectivity index (χ2n) is 8.55. The van der Waals surface area contributed by atoms with Crippen LogP contribution in [-0.2, 0) is 11.2 Å². The average molecular weight is 496 g/mol. The number of H-pyrrole nitrogens is 1. The van der Waals surface area contributed by atoms with E-state index < -0.39 is 5.97 Å². The average Bonchev–Trinajstić information content (AvgIpc) is 3.37. The normalized spacial score (nSPS) is 14.9. The Labute approximate surface area is 208 Å². The number of aromatic nitrogens is 2. The van der Waals surface area contributed by atoms with Crippen LogP contribution in [0.2, 0.25) is 0 Å². The molecule has 9 heteroatoms. The molecular formula is C26H29N3O5S. The van der Waals surface area contributed by atoms with Crippen LogP contribution in [0.25, 0.3) is 0 Å². The van der Waals surface area contributed by atoms with Gasteiger partial charge in [-0.25, -0.2) is 9.78 Å². The molecule has 1 saturated heterocycles. The fraction of sp³-hybridized carbons (Fsp3) is 0.346. The summed E-state index contributed by atoms with van der Waals surface area (Å²) in [6.45, 7) is 3.92. The van der Waals surface area contributed by atoms with Crippen LogP contribution in [0.15, 0.2) is 66.1 Å². The quantitative estimate of drug-likeness (QED) is 0.394. The third-order valence-electron chi connectivity index (χ3n) is 5.95. The van der Waals surface area contributed by atoms with Crippen molar-refractivity contribution in [2.24, 2.45) is 5.92 Å². The Balaban J connectivity index is 1.18. The molecule has 35 heavy (non-hydrogen) atoms. The van der Waals surface area contributed by atoms with Crippen LogP contribution in [0, 0.1) is 5.92 Å². The van der Waals surface area contributed by atoms with Gasteiger partial charge in [-0.15, -0.1) is 0 Å². The van der Waals surface area contributed by atoms with E-state index in [1.165, 1.54) is 0 Å². The highest BCUT2D eigenvalue weighted by Crippen LogP contribution is 2.33. The summed E-state index contributed by atoms with van der Waals surface area (Å²) < 4.78 is 11.5. The molecular weight excluding hydrogens is 466 g/mol. The van der Waals surface area contributed by atoms with Gasteiger partial charge in [0.05, 0.1) is 13.0 Å². The first-order valence-corrected chi connectivity index (χ1v) is 12.5. The highest BCUT2D eigenvalue weighted by Gasteiger charge is 2.24. The number of carbonyl (C=O) groups excluding carboxylic acids is 1. The number of benzene rings is 2. The topological polar surface area (TPSA) is 105 Å². The zero-order valence-corrected chi connectivity index (χ0v) is 20.4. The Bertz CT molecular complexity index is 1100. The number of carboxylic acid groups (broad SMARTS) is 1. The lowest BCUT2D eigenvalue weighted by Gasteiger charge is -2.31. The Hall–Kier alpha value is -3.46. The fourth-order valence-corrected chi connectivity index (χ4v) is 4.78. The van der Waals surface area contributed by atoms with Gasteiger partial charge < -0.3 is 24.5 Å². The summed E-state index contributed by atoms with van der Waals surface area (Å²) in [6.07, 6.45) is 4.89. The second-order valence-corrected chi connectivity index (χ2v) is 9.88. The fourth-order valence-electron chi connectivity index (χ4n) is 3.90. The molecule has 0 radical (unpaired) electrons. The lowest BCUT2D eigenvalue weighted by atomic mass is 9.98. The van der Waals surface area contributed by atoms with Gasteiger partial charge in [-0.1, -0.05) is 36.0 Å². The highest BCUT2D eigenvalue weighted by atomic mass is 32.2. The van der Waals surface area contributed by atoms with Crippen molar-refractivity contribution in [3.05, 3.63) is 72.1 Å². The minimum Gasteiger partial charge on any atom is -0.493 e. The lowest BCUT2D eigenvalue weighted by Crippen LogP contribution is -2.41. The number of hydrogen-bond donors (Lipinski definition) is 2. The molecule has 0 spiro atoms. The number of piperidine rings is 1. The first-order valence-electron chi connectivity index (χ1n) is 11.6. The number of nitrogens with zero attached hydrogens (tertiary/aromatic N) is 2. The number of carboxylic acids is 1. The van der Waals surface area contributed by atoms with Gasteiger partial charge in [0.2, 0.25) is 0 Å². The summed E-state index contributed by atoms with van der Waals surface area (Å²) in [4.78, 5) is 32.5. The van der Waals surface area contributed by atoms with Crippen LogP contribution in [0.1, 0.15) is 36.1 Å². The van der Waals surface area contributed by atoms with Gasteiger partial charge in [0.25, 0.3) is 0 Å². The molecule has 1 aliphatic rings. The molecule has 1 atom stereocenters. The molecule has 1 fully saturated rings. The largest absolute Gasteiger partial charge is 0.493 e.